The molecular formula is C18H21ClN2O3S. The molecular weight excluding hydrogens is 360 g/mol. The van der Waals surface area contributed by atoms with Crippen LogP contribution in [-0.2, 0) is 10.0 Å². The van der Waals surface area contributed by atoms with Crippen molar-refractivity contribution in [3.8, 4) is 5.75 Å². The van der Waals surface area contributed by atoms with E-state index in [1.165, 1.54) is 12.1 Å². The van der Waals surface area contributed by atoms with E-state index >= 15 is 0 Å². The van der Waals surface area contributed by atoms with Gasteiger partial charge in [0.25, 0.3) is 10.0 Å². The normalized spacial score (nSPS) is 12.2. The van der Waals surface area contributed by atoms with E-state index in [-0.39, 0.29) is 10.6 Å². The Labute approximate surface area is 153 Å². The Morgan fingerprint density at radius 1 is 1.24 bits per heavy atom. The predicted molar refractivity (Wildman–Crippen MR) is 101 cm³/mol. The van der Waals surface area contributed by atoms with Gasteiger partial charge in [0.15, 0.2) is 0 Å². The molecule has 0 saturated carbocycles. The summed E-state index contributed by atoms with van der Waals surface area (Å²) in [6.07, 6.45) is 2.22. The average molecular weight is 381 g/mol. The summed E-state index contributed by atoms with van der Waals surface area (Å²) in [5.74, 6) is 0.0238. The number of unbranched alkanes of at least 4 members (excludes halogenated alkanes) is 1. The Bertz CT molecular complexity index is 865. The average Bonchev–Trinajstić information content (AvgIpc) is 2.59. The molecule has 2 rings (SSSR count). The standard InChI is InChI=1S/C18H21ClN2O3S/c1-3-4-10-17(15-12-16(19)13(2)11-18(15)22)20-21-25(23,24)14-8-6-5-7-9-14/h5-9,11-12,21-22H,3-4,10H2,1-2H3/b20-17+. The van der Waals surface area contributed by atoms with Gasteiger partial charge in [-0.05, 0) is 49.6 Å². The minimum Gasteiger partial charge on any atom is -0.507 e. The molecule has 2 aromatic carbocycles. The van der Waals surface area contributed by atoms with Crippen LogP contribution in [0.15, 0.2) is 52.5 Å². The van der Waals surface area contributed by atoms with Gasteiger partial charge in [0.05, 0.1) is 10.6 Å². The first kappa shape index (κ1) is 19.3. The van der Waals surface area contributed by atoms with Gasteiger partial charge < -0.3 is 5.11 Å². The van der Waals surface area contributed by atoms with Crippen molar-refractivity contribution in [1.29, 1.82) is 0 Å². The third-order valence-corrected chi connectivity index (χ3v) is 5.34. The first-order chi connectivity index (χ1) is 11.8. The molecule has 0 aliphatic carbocycles. The molecule has 0 amide bonds. The highest BCUT2D eigenvalue weighted by atomic mass is 35.5. The van der Waals surface area contributed by atoms with Gasteiger partial charge in [-0.15, -0.1) is 0 Å². The van der Waals surface area contributed by atoms with Gasteiger partial charge in [-0.2, -0.15) is 18.4 Å². The Hall–Kier alpha value is -2.05. The monoisotopic (exact) mass is 380 g/mol. The van der Waals surface area contributed by atoms with Gasteiger partial charge in [0.2, 0.25) is 0 Å². The zero-order valence-electron chi connectivity index (χ0n) is 14.2. The minimum atomic E-state index is -3.77. The Kier molecular flexibility index (Phi) is 6.45. The number of hydrogen-bond donors (Lipinski definition) is 2. The number of phenols is 1. The number of hydrazone groups is 1. The maximum atomic E-state index is 12.3. The summed E-state index contributed by atoms with van der Waals surface area (Å²) in [4.78, 5) is 2.37. The second-order valence-corrected chi connectivity index (χ2v) is 7.76. The molecule has 0 unspecified atom stereocenters. The van der Waals surface area contributed by atoms with Gasteiger partial charge in [-0.3, -0.25) is 0 Å². The van der Waals surface area contributed by atoms with Crippen molar-refractivity contribution in [3.63, 3.8) is 0 Å². The maximum Gasteiger partial charge on any atom is 0.276 e. The van der Waals surface area contributed by atoms with Crippen molar-refractivity contribution in [3.05, 3.63) is 58.6 Å². The number of aryl methyl sites for hydroxylation is 1. The molecule has 2 N–H and O–H groups in total. The first-order valence-electron chi connectivity index (χ1n) is 7.98. The summed E-state index contributed by atoms with van der Waals surface area (Å²) in [6.45, 7) is 3.81. The molecule has 0 atom stereocenters. The Morgan fingerprint density at radius 3 is 2.56 bits per heavy atom. The maximum absolute atomic E-state index is 12.3. The summed E-state index contributed by atoms with van der Waals surface area (Å²) in [5, 5.41) is 14.8. The second-order valence-electron chi connectivity index (χ2n) is 5.69. The van der Waals surface area contributed by atoms with E-state index in [1.54, 1.807) is 37.3 Å². The number of hydrogen-bond acceptors (Lipinski definition) is 4. The van der Waals surface area contributed by atoms with E-state index in [1.807, 2.05) is 6.92 Å². The summed E-state index contributed by atoms with van der Waals surface area (Å²) in [6, 6.07) is 11.2. The van der Waals surface area contributed by atoms with Crippen LogP contribution in [0, 0.1) is 6.92 Å². The van der Waals surface area contributed by atoms with Crippen molar-refractivity contribution in [1.82, 2.24) is 4.83 Å². The van der Waals surface area contributed by atoms with Gasteiger partial charge in [0, 0.05) is 10.6 Å². The number of aromatic hydroxyl groups is 1. The zero-order valence-corrected chi connectivity index (χ0v) is 15.7. The zero-order chi connectivity index (χ0) is 18.4. The lowest BCUT2D eigenvalue weighted by Gasteiger charge is -2.11. The van der Waals surface area contributed by atoms with Crippen molar-refractivity contribution in [2.24, 2.45) is 5.10 Å². The summed E-state index contributed by atoms with van der Waals surface area (Å²) in [7, 11) is -3.77. The highest BCUT2D eigenvalue weighted by molar-refractivity contribution is 7.89. The lowest BCUT2D eigenvalue weighted by atomic mass is 10.0. The number of halogens is 1. The van der Waals surface area contributed by atoms with Crippen molar-refractivity contribution >= 4 is 27.3 Å². The van der Waals surface area contributed by atoms with Crippen LogP contribution >= 0.6 is 11.6 Å². The third-order valence-electron chi connectivity index (χ3n) is 3.71. The van der Waals surface area contributed by atoms with Crippen LogP contribution in [0.3, 0.4) is 0 Å². The van der Waals surface area contributed by atoms with E-state index in [0.29, 0.717) is 22.7 Å². The van der Waals surface area contributed by atoms with Crippen LogP contribution in [0.5, 0.6) is 5.75 Å². The van der Waals surface area contributed by atoms with E-state index in [0.717, 1.165) is 18.4 Å². The molecule has 0 aliphatic rings. The number of nitrogens with zero attached hydrogens (tertiary/aromatic N) is 1. The fourth-order valence-electron chi connectivity index (χ4n) is 2.26. The second kappa shape index (κ2) is 8.36. The lowest BCUT2D eigenvalue weighted by Crippen LogP contribution is -2.20. The molecule has 0 radical (unpaired) electrons. The van der Waals surface area contributed by atoms with Crippen LogP contribution in [0.2, 0.25) is 5.02 Å². The number of rotatable bonds is 7. The molecule has 0 aromatic heterocycles. The third kappa shape index (κ3) is 4.96. The fraction of sp³-hybridized carbons (Fsp3) is 0.278. The fourth-order valence-corrected chi connectivity index (χ4v) is 3.27. The van der Waals surface area contributed by atoms with Crippen molar-refractivity contribution in [2.75, 3.05) is 0 Å². The quantitative estimate of drug-likeness (QED) is 0.557. The Morgan fingerprint density at radius 2 is 1.92 bits per heavy atom. The molecule has 0 aliphatic heterocycles. The van der Waals surface area contributed by atoms with Crippen LogP contribution in [-0.4, -0.2) is 19.2 Å². The van der Waals surface area contributed by atoms with Gasteiger partial charge in [0.1, 0.15) is 5.75 Å². The largest absolute Gasteiger partial charge is 0.507 e. The van der Waals surface area contributed by atoms with Crippen LogP contribution in [0.1, 0.15) is 37.3 Å². The molecule has 25 heavy (non-hydrogen) atoms. The molecule has 7 heteroatoms. The minimum absolute atomic E-state index is 0.0238. The highest BCUT2D eigenvalue weighted by Gasteiger charge is 2.15. The van der Waals surface area contributed by atoms with E-state index in [9.17, 15) is 13.5 Å². The summed E-state index contributed by atoms with van der Waals surface area (Å²) in [5.41, 5.74) is 1.61. The van der Waals surface area contributed by atoms with Crippen LogP contribution in [0.4, 0.5) is 0 Å². The van der Waals surface area contributed by atoms with E-state index in [4.69, 9.17) is 11.6 Å². The van der Waals surface area contributed by atoms with Crippen molar-refractivity contribution in [2.45, 2.75) is 38.0 Å². The van der Waals surface area contributed by atoms with E-state index in [2.05, 4.69) is 9.93 Å². The lowest BCUT2D eigenvalue weighted by molar-refractivity contribution is 0.473. The van der Waals surface area contributed by atoms with Gasteiger partial charge >= 0.3 is 0 Å². The molecule has 0 spiro atoms. The van der Waals surface area contributed by atoms with Gasteiger partial charge in [-0.25, -0.2) is 0 Å². The molecule has 0 fully saturated rings. The van der Waals surface area contributed by atoms with Crippen LogP contribution < -0.4 is 4.83 Å². The topological polar surface area (TPSA) is 78.8 Å². The number of sulfonamides is 1. The number of nitrogens with one attached hydrogen (secondary N) is 1. The molecule has 0 saturated heterocycles. The molecule has 0 heterocycles. The van der Waals surface area contributed by atoms with E-state index < -0.39 is 10.0 Å². The highest BCUT2D eigenvalue weighted by Crippen LogP contribution is 2.27. The van der Waals surface area contributed by atoms with Crippen LogP contribution in [0.25, 0.3) is 0 Å². The molecule has 0 bridgehead atoms. The summed E-state index contributed by atoms with van der Waals surface area (Å²) < 4.78 is 24.7. The smallest absolute Gasteiger partial charge is 0.276 e. The molecule has 2 aromatic rings. The molecule has 134 valence electrons. The summed E-state index contributed by atoms with van der Waals surface area (Å²) >= 11 is 6.15. The molecule has 5 nitrogen and oxygen atoms in total. The Balaban J connectivity index is 2.38. The SMILES string of the molecule is CCCC/C(=N\NS(=O)(=O)c1ccccc1)c1cc(Cl)c(C)cc1O. The predicted octanol–water partition coefficient (Wildman–Crippen LogP) is 4.23. The first-order valence-corrected chi connectivity index (χ1v) is 9.84. The van der Waals surface area contributed by atoms with Gasteiger partial charge in [-0.1, -0.05) is 43.1 Å². The van der Waals surface area contributed by atoms with Crippen molar-refractivity contribution < 1.29 is 13.5 Å². The number of phenolic OH excluding ortho intramolecular Hbond substituents is 1. The number of benzene rings is 2.